The van der Waals surface area contributed by atoms with Crippen LogP contribution in [0.3, 0.4) is 0 Å². The molecule has 0 aromatic rings. The Labute approximate surface area is 113 Å². The lowest BCUT2D eigenvalue weighted by Crippen LogP contribution is -1.77. The zero-order chi connectivity index (χ0) is 13.3. The fourth-order valence-electron chi connectivity index (χ4n) is 1.87. The molecule has 0 saturated heterocycles. The predicted octanol–water partition coefficient (Wildman–Crippen LogP) is 5.61. The van der Waals surface area contributed by atoms with Gasteiger partial charge in [-0.15, -0.1) is 0 Å². The molecule has 0 radical (unpaired) electrons. The summed E-state index contributed by atoms with van der Waals surface area (Å²) in [6.07, 6.45) is 23.2. The fourth-order valence-corrected chi connectivity index (χ4v) is 1.87. The third-order valence-corrected chi connectivity index (χ3v) is 3.01. The molecule has 0 heterocycles. The second kappa shape index (κ2) is 16.1. The molecule has 0 saturated carbocycles. The van der Waals surface area contributed by atoms with Gasteiger partial charge in [0.05, 0.1) is 0 Å². The zero-order valence-corrected chi connectivity index (χ0v) is 12.1. The Balaban J connectivity index is 3.13. The van der Waals surface area contributed by atoms with Gasteiger partial charge in [-0.3, -0.25) is 0 Å². The first-order valence-corrected chi connectivity index (χ1v) is 7.65. The number of hydrogen-bond acceptors (Lipinski definition) is 1. The maximum Gasteiger partial charge on any atom is 0.120 e. The highest BCUT2D eigenvalue weighted by atomic mass is 16.1. The van der Waals surface area contributed by atoms with Crippen molar-refractivity contribution in [3.8, 4) is 0 Å². The Morgan fingerprint density at radius 3 is 1.72 bits per heavy atom. The minimum Gasteiger partial charge on any atom is -0.303 e. The molecule has 0 spiro atoms. The Morgan fingerprint density at radius 2 is 1.11 bits per heavy atom. The summed E-state index contributed by atoms with van der Waals surface area (Å²) >= 11 is 0. The van der Waals surface area contributed by atoms with E-state index in [9.17, 15) is 4.79 Å². The molecule has 0 rings (SSSR count). The molecule has 0 aromatic carbocycles. The first-order chi connectivity index (χ1) is 8.91. The van der Waals surface area contributed by atoms with Gasteiger partial charge in [0.25, 0.3) is 0 Å². The molecule has 1 heteroatoms. The van der Waals surface area contributed by atoms with E-state index in [1.54, 1.807) is 0 Å². The Kier molecular flexibility index (Phi) is 15.4. The van der Waals surface area contributed by atoms with Crippen molar-refractivity contribution in [2.45, 2.75) is 77.6 Å². The Hall–Kier alpha value is -0.850. The van der Waals surface area contributed by atoms with Gasteiger partial charge < -0.3 is 4.79 Å². The SMILES string of the molecule is CCCCCCCCC=CCCC=CCCC=O. The van der Waals surface area contributed by atoms with E-state index in [0.29, 0.717) is 6.42 Å². The molecule has 0 atom stereocenters. The highest BCUT2D eigenvalue weighted by Gasteiger charge is 1.87. The summed E-state index contributed by atoms with van der Waals surface area (Å²) in [5, 5.41) is 0. The van der Waals surface area contributed by atoms with Crippen LogP contribution in [0.5, 0.6) is 0 Å². The van der Waals surface area contributed by atoms with Gasteiger partial charge in [0.1, 0.15) is 6.29 Å². The molecular weight excluding hydrogens is 220 g/mol. The lowest BCUT2D eigenvalue weighted by molar-refractivity contribution is -0.107. The van der Waals surface area contributed by atoms with Crippen molar-refractivity contribution in [1.29, 1.82) is 0 Å². The van der Waals surface area contributed by atoms with Gasteiger partial charge in [-0.05, 0) is 32.1 Å². The standard InChI is InChI=1S/C17H30O/c1-2-3-4-5-6-7-8-9-10-11-12-13-14-15-16-17-18/h9-10,13-14,17H,2-8,11-12,15-16H2,1H3. The lowest BCUT2D eigenvalue weighted by Gasteiger charge is -1.97. The quantitative estimate of drug-likeness (QED) is 0.236. The monoisotopic (exact) mass is 250 g/mol. The van der Waals surface area contributed by atoms with Gasteiger partial charge in [0.2, 0.25) is 0 Å². The van der Waals surface area contributed by atoms with Crippen LogP contribution in [0.4, 0.5) is 0 Å². The second-order valence-corrected chi connectivity index (χ2v) is 4.82. The minimum absolute atomic E-state index is 0.657. The van der Waals surface area contributed by atoms with E-state index in [-0.39, 0.29) is 0 Å². The minimum atomic E-state index is 0.657. The number of allylic oxidation sites excluding steroid dienone is 4. The molecule has 1 nitrogen and oxygen atoms in total. The summed E-state index contributed by atoms with van der Waals surface area (Å²) in [5.41, 5.74) is 0. The van der Waals surface area contributed by atoms with Crippen LogP contribution in [0, 0.1) is 0 Å². The van der Waals surface area contributed by atoms with Gasteiger partial charge in [0, 0.05) is 6.42 Å². The maximum atomic E-state index is 10.1. The smallest absolute Gasteiger partial charge is 0.120 e. The third kappa shape index (κ3) is 15.1. The van der Waals surface area contributed by atoms with Crippen molar-refractivity contribution in [2.75, 3.05) is 0 Å². The average Bonchev–Trinajstić information content (AvgIpc) is 2.39. The first-order valence-electron chi connectivity index (χ1n) is 7.65. The number of aldehydes is 1. The van der Waals surface area contributed by atoms with E-state index < -0.39 is 0 Å². The zero-order valence-electron chi connectivity index (χ0n) is 12.1. The summed E-state index contributed by atoms with van der Waals surface area (Å²) in [7, 11) is 0. The van der Waals surface area contributed by atoms with E-state index in [1.165, 1.54) is 44.9 Å². The Morgan fingerprint density at radius 1 is 0.611 bits per heavy atom. The maximum absolute atomic E-state index is 10.1. The molecule has 0 aliphatic carbocycles. The van der Waals surface area contributed by atoms with Crippen molar-refractivity contribution in [3.63, 3.8) is 0 Å². The van der Waals surface area contributed by atoms with E-state index in [1.807, 2.05) is 0 Å². The largest absolute Gasteiger partial charge is 0.303 e. The van der Waals surface area contributed by atoms with Crippen molar-refractivity contribution in [1.82, 2.24) is 0 Å². The van der Waals surface area contributed by atoms with Gasteiger partial charge in [-0.25, -0.2) is 0 Å². The molecule has 0 bridgehead atoms. The average molecular weight is 250 g/mol. The van der Waals surface area contributed by atoms with Crippen LogP contribution < -0.4 is 0 Å². The number of rotatable bonds is 13. The van der Waals surface area contributed by atoms with E-state index in [2.05, 4.69) is 31.2 Å². The van der Waals surface area contributed by atoms with Crippen molar-refractivity contribution < 1.29 is 4.79 Å². The van der Waals surface area contributed by atoms with Crippen molar-refractivity contribution in [2.24, 2.45) is 0 Å². The van der Waals surface area contributed by atoms with E-state index >= 15 is 0 Å². The van der Waals surface area contributed by atoms with Gasteiger partial charge in [-0.1, -0.05) is 63.3 Å². The number of carbonyl (C=O) groups excluding carboxylic acids is 1. The molecule has 0 N–H and O–H groups in total. The Bertz CT molecular complexity index is 216. The normalized spacial score (nSPS) is 11.6. The van der Waals surface area contributed by atoms with Crippen molar-refractivity contribution >= 4 is 6.29 Å². The molecule has 0 amide bonds. The molecular formula is C17H30O. The summed E-state index contributed by atoms with van der Waals surface area (Å²) < 4.78 is 0. The summed E-state index contributed by atoms with van der Waals surface area (Å²) in [6.45, 7) is 2.26. The molecule has 0 aromatic heterocycles. The van der Waals surface area contributed by atoms with Crippen LogP contribution in [0.15, 0.2) is 24.3 Å². The second-order valence-electron chi connectivity index (χ2n) is 4.82. The van der Waals surface area contributed by atoms with E-state index in [0.717, 1.165) is 25.5 Å². The number of unbranched alkanes of at least 4 members (excludes halogenated alkanes) is 8. The van der Waals surface area contributed by atoms with Crippen LogP contribution in [0.2, 0.25) is 0 Å². The van der Waals surface area contributed by atoms with Crippen LogP contribution in [0.1, 0.15) is 77.6 Å². The predicted molar refractivity (Wildman–Crippen MR) is 80.8 cm³/mol. The molecule has 0 aliphatic rings. The summed E-state index contributed by atoms with van der Waals surface area (Å²) in [4.78, 5) is 10.1. The third-order valence-electron chi connectivity index (χ3n) is 3.01. The molecule has 18 heavy (non-hydrogen) atoms. The summed E-state index contributed by atoms with van der Waals surface area (Å²) in [6, 6.07) is 0. The van der Waals surface area contributed by atoms with Crippen LogP contribution in [-0.4, -0.2) is 6.29 Å². The molecule has 0 fully saturated rings. The van der Waals surface area contributed by atoms with Crippen molar-refractivity contribution in [3.05, 3.63) is 24.3 Å². The van der Waals surface area contributed by atoms with Crippen LogP contribution >= 0.6 is 0 Å². The fraction of sp³-hybridized carbons (Fsp3) is 0.706. The van der Waals surface area contributed by atoms with Gasteiger partial charge in [-0.2, -0.15) is 0 Å². The first kappa shape index (κ1) is 17.2. The molecule has 104 valence electrons. The van der Waals surface area contributed by atoms with Gasteiger partial charge in [0.15, 0.2) is 0 Å². The van der Waals surface area contributed by atoms with E-state index in [4.69, 9.17) is 0 Å². The summed E-state index contributed by atoms with van der Waals surface area (Å²) in [5.74, 6) is 0. The highest BCUT2D eigenvalue weighted by molar-refractivity contribution is 5.49. The van der Waals surface area contributed by atoms with Crippen LogP contribution in [0.25, 0.3) is 0 Å². The number of hydrogen-bond donors (Lipinski definition) is 0. The molecule has 0 unspecified atom stereocenters. The highest BCUT2D eigenvalue weighted by Crippen LogP contribution is 2.07. The van der Waals surface area contributed by atoms with Gasteiger partial charge >= 0.3 is 0 Å². The molecule has 0 aliphatic heterocycles. The topological polar surface area (TPSA) is 17.1 Å². The number of carbonyl (C=O) groups is 1. The van der Waals surface area contributed by atoms with Crippen LogP contribution in [-0.2, 0) is 4.79 Å². The lowest BCUT2D eigenvalue weighted by atomic mass is 10.1.